The van der Waals surface area contributed by atoms with E-state index >= 15 is 0 Å². The van der Waals surface area contributed by atoms with Crippen LogP contribution in [0.4, 0.5) is 4.79 Å². The van der Waals surface area contributed by atoms with Gasteiger partial charge in [0.25, 0.3) is 0 Å². The van der Waals surface area contributed by atoms with E-state index in [4.69, 9.17) is 9.84 Å². The van der Waals surface area contributed by atoms with Gasteiger partial charge in [-0.2, -0.15) is 5.10 Å². The highest BCUT2D eigenvalue weighted by molar-refractivity contribution is 5.95. The van der Waals surface area contributed by atoms with E-state index in [1.54, 1.807) is 11.6 Å². The van der Waals surface area contributed by atoms with E-state index < -0.39 is 18.0 Å². The number of para-hydroxylation sites is 1. The van der Waals surface area contributed by atoms with Crippen molar-refractivity contribution in [3.63, 3.8) is 0 Å². The highest BCUT2D eigenvalue weighted by Crippen LogP contribution is 2.34. The Kier molecular flexibility index (Phi) is 5.66. The largest absolute Gasteiger partial charge is 0.458 e. The van der Waals surface area contributed by atoms with Gasteiger partial charge in [0.15, 0.2) is 0 Å². The number of urea groups is 1. The second-order valence-electron chi connectivity index (χ2n) is 7.04. The fraction of sp³-hybridized carbons (Fsp3) is 0.125. The summed E-state index contributed by atoms with van der Waals surface area (Å²) < 4.78 is 7.04. The summed E-state index contributed by atoms with van der Waals surface area (Å²) in [4.78, 5) is 25.1. The van der Waals surface area contributed by atoms with Gasteiger partial charge in [0.1, 0.15) is 6.61 Å². The molecule has 0 saturated carbocycles. The molecule has 31 heavy (non-hydrogen) atoms. The van der Waals surface area contributed by atoms with E-state index in [9.17, 15) is 9.59 Å². The fourth-order valence-corrected chi connectivity index (χ4v) is 3.54. The molecule has 3 aromatic rings. The van der Waals surface area contributed by atoms with Crippen LogP contribution in [0.1, 0.15) is 18.5 Å². The summed E-state index contributed by atoms with van der Waals surface area (Å²) in [7, 11) is 0. The van der Waals surface area contributed by atoms with Crippen LogP contribution in [-0.2, 0) is 9.53 Å². The Balaban J connectivity index is 1.87. The summed E-state index contributed by atoms with van der Waals surface area (Å²) in [5.74, 6) is -0.527. The molecule has 0 aliphatic carbocycles. The molecule has 1 aromatic heterocycles. The average molecular weight is 414 g/mol. The third-order valence-corrected chi connectivity index (χ3v) is 4.94. The lowest BCUT2D eigenvalue weighted by atomic mass is 9.94. The monoisotopic (exact) mass is 414 g/mol. The number of allylic oxidation sites excluding steroid dienone is 1. The molecule has 7 heteroatoms. The lowest BCUT2D eigenvalue weighted by Crippen LogP contribution is -2.45. The van der Waals surface area contributed by atoms with Crippen molar-refractivity contribution in [1.82, 2.24) is 20.4 Å². The zero-order valence-corrected chi connectivity index (χ0v) is 17.0. The van der Waals surface area contributed by atoms with E-state index in [2.05, 4.69) is 17.2 Å². The van der Waals surface area contributed by atoms with Gasteiger partial charge in [-0.05, 0) is 19.1 Å². The number of amides is 2. The van der Waals surface area contributed by atoms with Gasteiger partial charge in [-0.25, -0.2) is 14.3 Å². The van der Waals surface area contributed by atoms with Crippen molar-refractivity contribution in [3.05, 3.63) is 96.3 Å². The predicted molar refractivity (Wildman–Crippen MR) is 117 cm³/mol. The SMILES string of the molecule is C=CCOC(=O)C1=C(C)NC(=O)NC1c1cn(-c2ccccc2)nc1-c1ccccc1. The van der Waals surface area contributed by atoms with Gasteiger partial charge >= 0.3 is 12.0 Å². The molecule has 0 bridgehead atoms. The molecule has 156 valence electrons. The normalized spacial score (nSPS) is 15.8. The molecule has 7 nitrogen and oxygen atoms in total. The Morgan fingerprint density at radius 3 is 2.52 bits per heavy atom. The van der Waals surface area contributed by atoms with Crippen molar-refractivity contribution in [2.45, 2.75) is 13.0 Å². The van der Waals surface area contributed by atoms with Crippen molar-refractivity contribution in [3.8, 4) is 16.9 Å². The number of rotatable bonds is 6. The van der Waals surface area contributed by atoms with Crippen LogP contribution in [0.3, 0.4) is 0 Å². The highest BCUT2D eigenvalue weighted by Gasteiger charge is 2.35. The first-order valence-corrected chi connectivity index (χ1v) is 9.85. The quantitative estimate of drug-likeness (QED) is 0.473. The van der Waals surface area contributed by atoms with Crippen LogP contribution in [0, 0.1) is 0 Å². The van der Waals surface area contributed by atoms with Crippen LogP contribution < -0.4 is 10.6 Å². The molecule has 1 atom stereocenters. The van der Waals surface area contributed by atoms with Crippen LogP contribution in [0.25, 0.3) is 16.9 Å². The Morgan fingerprint density at radius 1 is 1.16 bits per heavy atom. The number of nitrogens with zero attached hydrogens (tertiary/aromatic N) is 2. The van der Waals surface area contributed by atoms with Crippen LogP contribution in [0.5, 0.6) is 0 Å². The second kappa shape index (κ2) is 8.71. The Hall–Kier alpha value is -4.13. The first-order chi connectivity index (χ1) is 15.1. The molecular formula is C24H22N4O3. The van der Waals surface area contributed by atoms with Gasteiger partial charge in [-0.15, -0.1) is 0 Å². The van der Waals surface area contributed by atoms with E-state index in [0.29, 0.717) is 22.5 Å². The molecular weight excluding hydrogens is 392 g/mol. The minimum atomic E-state index is -0.723. The number of benzene rings is 2. The maximum Gasteiger partial charge on any atom is 0.338 e. The van der Waals surface area contributed by atoms with Crippen LogP contribution in [-0.4, -0.2) is 28.4 Å². The molecule has 0 radical (unpaired) electrons. The van der Waals surface area contributed by atoms with Gasteiger partial charge in [0.2, 0.25) is 0 Å². The molecule has 1 aliphatic heterocycles. The summed E-state index contributed by atoms with van der Waals surface area (Å²) in [6.07, 6.45) is 3.34. The third kappa shape index (κ3) is 4.11. The fourth-order valence-electron chi connectivity index (χ4n) is 3.54. The Bertz CT molecular complexity index is 1150. The number of carbonyl (C=O) groups is 2. The first kappa shape index (κ1) is 20.2. The number of esters is 1. The highest BCUT2D eigenvalue weighted by atomic mass is 16.5. The number of nitrogens with one attached hydrogen (secondary N) is 2. The minimum Gasteiger partial charge on any atom is -0.458 e. The lowest BCUT2D eigenvalue weighted by Gasteiger charge is -2.27. The molecule has 2 N–H and O–H groups in total. The smallest absolute Gasteiger partial charge is 0.338 e. The topological polar surface area (TPSA) is 85.2 Å². The molecule has 0 fully saturated rings. The molecule has 0 spiro atoms. The zero-order chi connectivity index (χ0) is 21.8. The van der Waals surface area contributed by atoms with E-state index in [0.717, 1.165) is 11.3 Å². The molecule has 4 rings (SSSR count). The zero-order valence-electron chi connectivity index (χ0n) is 17.0. The summed E-state index contributed by atoms with van der Waals surface area (Å²) in [5, 5.41) is 10.3. The summed E-state index contributed by atoms with van der Waals surface area (Å²) in [6, 6.07) is 18.2. The number of hydrogen-bond donors (Lipinski definition) is 2. The van der Waals surface area contributed by atoms with E-state index in [1.807, 2.05) is 66.9 Å². The molecule has 2 heterocycles. The predicted octanol–water partition coefficient (Wildman–Crippen LogP) is 3.90. The molecule has 1 unspecified atom stereocenters. The van der Waals surface area contributed by atoms with Gasteiger partial charge in [0, 0.05) is 23.0 Å². The van der Waals surface area contributed by atoms with Crippen LogP contribution in [0.15, 0.2) is 90.8 Å². The van der Waals surface area contributed by atoms with E-state index in [1.165, 1.54) is 6.08 Å². The lowest BCUT2D eigenvalue weighted by molar-refractivity contribution is -0.138. The number of ether oxygens (including phenoxy) is 1. The molecule has 1 aliphatic rings. The van der Waals surface area contributed by atoms with E-state index in [-0.39, 0.29) is 6.61 Å². The van der Waals surface area contributed by atoms with Crippen molar-refractivity contribution in [2.75, 3.05) is 6.61 Å². The third-order valence-electron chi connectivity index (χ3n) is 4.94. The number of carbonyl (C=O) groups excluding carboxylic acids is 2. The van der Waals surface area contributed by atoms with Gasteiger partial charge in [0.05, 0.1) is 23.0 Å². The minimum absolute atomic E-state index is 0.0745. The standard InChI is InChI=1S/C24H22N4O3/c1-3-14-31-23(29)20-16(2)25-24(30)26-22(20)19-15-28(18-12-8-5-9-13-18)27-21(19)17-10-6-4-7-11-17/h3-13,15,22H,1,14H2,2H3,(H2,25,26,30). The van der Waals surface area contributed by atoms with Crippen molar-refractivity contribution >= 4 is 12.0 Å². The van der Waals surface area contributed by atoms with Crippen LogP contribution in [0.2, 0.25) is 0 Å². The second-order valence-corrected chi connectivity index (χ2v) is 7.04. The maximum absolute atomic E-state index is 12.8. The average Bonchev–Trinajstić information content (AvgIpc) is 3.23. The van der Waals surface area contributed by atoms with Gasteiger partial charge in [-0.3, -0.25) is 0 Å². The molecule has 2 amide bonds. The number of hydrogen-bond acceptors (Lipinski definition) is 4. The summed E-state index contributed by atoms with van der Waals surface area (Å²) in [6.45, 7) is 5.34. The Labute approximate surface area is 180 Å². The number of aromatic nitrogens is 2. The van der Waals surface area contributed by atoms with Crippen molar-refractivity contribution < 1.29 is 14.3 Å². The van der Waals surface area contributed by atoms with Gasteiger partial charge in [-0.1, -0.05) is 61.2 Å². The van der Waals surface area contributed by atoms with Gasteiger partial charge < -0.3 is 15.4 Å². The van der Waals surface area contributed by atoms with Crippen molar-refractivity contribution in [1.29, 1.82) is 0 Å². The first-order valence-electron chi connectivity index (χ1n) is 9.85. The Morgan fingerprint density at radius 2 is 1.84 bits per heavy atom. The van der Waals surface area contributed by atoms with Crippen LogP contribution >= 0.6 is 0 Å². The maximum atomic E-state index is 12.8. The summed E-state index contributed by atoms with van der Waals surface area (Å²) in [5.41, 5.74) is 3.85. The molecule has 2 aromatic carbocycles. The van der Waals surface area contributed by atoms with Crippen molar-refractivity contribution in [2.24, 2.45) is 0 Å². The molecule has 0 saturated heterocycles. The summed E-state index contributed by atoms with van der Waals surface area (Å²) >= 11 is 0.